The Hall–Kier alpha value is -3.39. The molecule has 212 valence electrons. The van der Waals surface area contributed by atoms with E-state index in [4.69, 9.17) is 21.4 Å². The Kier molecular flexibility index (Phi) is 8.02. The number of fused-ring (bicyclic) bond motifs is 1. The zero-order valence-electron chi connectivity index (χ0n) is 22.7. The van der Waals surface area contributed by atoms with Gasteiger partial charge < -0.3 is 4.74 Å². The first kappa shape index (κ1) is 27.8. The van der Waals surface area contributed by atoms with E-state index in [1.165, 1.54) is 24.3 Å². The Morgan fingerprint density at radius 3 is 2.34 bits per heavy atom. The summed E-state index contributed by atoms with van der Waals surface area (Å²) >= 11 is 6.16. The molecule has 2 heterocycles. The van der Waals surface area contributed by atoms with Gasteiger partial charge in [-0.05, 0) is 96.8 Å². The quantitative estimate of drug-likeness (QED) is 0.343. The number of ether oxygens (including phenoxy) is 1. The van der Waals surface area contributed by atoms with Gasteiger partial charge in [0.1, 0.15) is 11.6 Å². The van der Waals surface area contributed by atoms with Crippen LogP contribution >= 0.6 is 11.6 Å². The maximum Gasteiger partial charge on any atom is 0.257 e. The second kappa shape index (κ2) is 11.8. The van der Waals surface area contributed by atoms with Gasteiger partial charge in [-0.3, -0.25) is 10.1 Å². The summed E-state index contributed by atoms with van der Waals surface area (Å²) < 4.78 is 33.0. The predicted octanol–water partition coefficient (Wildman–Crippen LogP) is 7.04. The molecule has 0 radical (unpaired) electrons. The largest absolute Gasteiger partial charge is 0.381 e. The summed E-state index contributed by atoms with van der Waals surface area (Å²) in [5, 5.41) is 10.8. The number of nitrogens with one attached hydrogen (secondary N) is 1. The van der Waals surface area contributed by atoms with Crippen LogP contribution < -0.4 is 5.32 Å². The topological polar surface area (TPSA) is 53.9 Å². The molecule has 1 aliphatic carbocycles. The Bertz CT molecular complexity index is 1450. The number of carbonyl (C=O) groups excluding carboxylic acids is 1. The summed E-state index contributed by atoms with van der Waals surface area (Å²) in [5.74, 6) is -0.772. The number of rotatable bonds is 6. The third-order valence-electron chi connectivity index (χ3n) is 8.50. The van der Waals surface area contributed by atoms with Gasteiger partial charge in [0.15, 0.2) is 0 Å². The van der Waals surface area contributed by atoms with Crippen molar-refractivity contribution in [3.8, 4) is 0 Å². The van der Waals surface area contributed by atoms with Crippen molar-refractivity contribution in [1.29, 1.82) is 0 Å². The number of hydrogen-bond acceptors (Lipinski definition) is 4. The molecule has 1 saturated carbocycles. The SMILES string of the molecule is O=C(CNC1(c2ccc(Cl)cc2)CCOCC1)N1N=C2/C(=C\c3ccc(F)cc3)CCCC2C1c1ccc(F)cc1. The lowest BCUT2D eigenvalue weighted by molar-refractivity contribution is -0.133. The number of allylic oxidation sites excluding steroid dienone is 1. The van der Waals surface area contributed by atoms with Gasteiger partial charge in [-0.2, -0.15) is 5.10 Å². The summed E-state index contributed by atoms with van der Waals surface area (Å²) in [7, 11) is 0. The van der Waals surface area contributed by atoms with E-state index in [0.717, 1.165) is 60.1 Å². The van der Waals surface area contributed by atoms with Crippen LogP contribution in [0.4, 0.5) is 8.78 Å². The molecule has 3 aromatic rings. The standard InChI is InChI=1S/C33H32ClF2N3O2/c34-26-10-8-25(9-11-26)33(16-18-41-19-17-33)37-21-30(40)39-32(23-6-14-28(36)15-7-23)29-3-1-2-24(31(29)38-39)20-22-4-12-27(35)13-5-22/h4-15,20,29,32,37H,1-3,16-19,21H2/b24-20-. The molecule has 1 amide bonds. The molecule has 0 spiro atoms. The molecule has 41 heavy (non-hydrogen) atoms. The number of hydrazone groups is 1. The van der Waals surface area contributed by atoms with Crippen LogP contribution in [-0.4, -0.2) is 36.4 Å². The molecular formula is C33H32ClF2N3O2. The van der Waals surface area contributed by atoms with Gasteiger partial charge in [0.2, 0.25) is 0 Å². The Balaban J connectivity index is 1.31. The summed E-state index contributed by atoms with van der Waals surface area (Å²) in [5.41, 5.74) is 4.31. The lowest BCUT2D eigenvalue weighted by Crippen LogP contribution is -2.50. The van der Waals surface area contributed by atoms with Crippen LogP contribution in [0.3, 0.4) is 0 Å². The highest BCUT2D eigenvalue weighted by Gasteiger charge is 2.44. The lowest BCUT2D eigenvalue weighted by Gasteiger charge is -2.39. The summed E-state index contributed by atoms with van der Waals surface area (Å²) in [6.07, 6.45) is 6.12. The molecule has 1 N–H and O–H groups in total. The molecule has 2 unspecified atom stereocenters. The average Bonchev–Trinajstić information content (AvgIpc) is 3.39. The van der Waals surface area contributed by atoms with E-state index in [0.29, 0.717) is 18.2 Å². The molecular weight excluding hydrogens is 544 g/mol. The highest BCUT2D eigenvalue weighted by atomic mass is 35.5. The molecule has 2 atom stereocenters. The Morgan fingerprint density at radius 2 is 1.66 bits per heavy atom. The predicted molar refractivity (Wildman–Crippen MR) is 156 cm³/mol. The van der Waals surface area contributed by atoms with Gasteiger partial charge in [0.05, 0.1) is 18.3 Å². The van der Waals surface area contributed by atoms with Crippen LogP contribution in [0.15, 0.2) is 83.5 Å². The third-order valence-corrected chi connectivity index (χ3v) is 8.75. The zero-order valence-corrected chi connectivity index (χ0v) is 23.4. The minimum Gasteiger partial charge on any atom is -0.381 e. The van der Waals surface area contributed by atoms with Crippen LogP contribution in [0.2, 0.25) is 5.02 Å². The number of benzene rings is 3. The van der Waals surface area contributed by atoms with Crippen LogP contribution in [0.5, 0.6) is 0 Å². The summed E-state index contributed by atoms with van der Waals surface area (Å²) in [6.45, 7) is 1.27. The molecule has 0 aromatic heterocycles. The second-order valence-corrected chi connectivity index (χ2v) is 11.4. The number of hydrogen-bond donors (Lipinski definition) is 1. The monoisotopic (exact) mass is 575 g/mol. The Labute approximate surface area is 243 Å². The van der Waals surface area contributed by atoms with Gasteiger partial charge in [-0.15, -0.1) is 0 Å². The van der Waals surface area contributed by atoms with Crippen molar-refractivity contribution in [2.45, 2.75) is 43.7 Å². The Morgan fingerprint density at radius 1 is 1.00 bits per heavy atom. The van der Waals surface area contributed by atoms with Crippen LogP contribution in [0.25, 0.3) is 6.08 Å². The lowest BCUT2D eigenvalue weighted by atomic mass is 9.77. The summed E-state index contributed by atoms with van der Waals surface area (Å²) in [6, 6.07) is 20.2. The van der Waals surface area contributed by atoms with Gasteiger partial charge in [-0.25, -0.2) is 13.8 Å². The fourth-order valence-corrected chi connectivity index (χ4v) is 6.47. The number of carbonyl (C=O) groups is 1. The minimum atomic E-state index is -0.419. The number of nitrogens with zero attached hydrogens (tertiary/aromatic N) is 2. The van der Waals surface area contributed by atoms with Crippen molar-refractivity contribution in [3.63, 3.8) is 0 Å². The highest BCUT2D eigenvalue weighted by Crippen LogP contribution is 2.44. The first-order valence-corrected chi connectivity index (χ1v) is 14.5. The second-order valence-electron chi connectivity index (χ2n) is 11.0. The van der Waals surface area contributed by atoms with Crippen molar-refractivity contribution >= 4 is 29.3 Å². The zero-order chi connectivity index (χ0) is 28.4. The number of amides is 1. The van der Waals surface area contributed by atoms with E-state index in [1.54, 1.807) is 29.3 Å². The molecule has 0 bridgehead atoms. The normalized spacial score (nSPS) is 22.9. The maximum atomic E-state index is 14.0. The fourth-order valence-electron chi connectivity index (χ4n) is 6.34. The molecule has 2 aliphatic heterocycles. The highest BCUT2D eigenvalue weighted by molar-refractivity contribution is 6.30. The van der Waals surface area contributed by atoms with Crippen molar-refractivity contribution < 1.29 is 18.3 Å². The smallest absolute Gasteiger partial charge is 0.257 e. The van der Waals surface area contributed by atoms with Gasteiger partial charge in [0.25, 0.3) is 5.91 Å². The van der Waals surface area contributed by atoms with Gasteiger partial charge in [0, 0.05) is 29.7 Å². The van der Waals surface area contributed by atoms with E-state index in [2.05, 4.69) is 5.32 Å². The van der Waals surface area contributed by atoms with E-state index in [9.17, 15) is 13.6 Å². The molecule has 3 aliphatic rings. The van der Waals surface area contributed by atoms with E-state index in [-0.39, 0.29) is 36.0 Å². The van der Waals surface area contributed by atoms with E-state index in [1.807, 2.05) is 30.3 Å². The third kappa shape index (κ3) is 5.85. The molecule has 1 saturated heterocycles. The molecule has 3 aromatic carbocycles. The fraction of sp³-hybridized carbons (Fsp3) is 0.333. The molecule has 8 heteroatoms. The summed E-state index contributed by atoms with van der Waals surface area (Å²) in [4.78, 5) is 14.0. The molecule has 2 fully saturated rings. The minimum absolute atomic E-state index is 0.0156. The van der Waals surface area contributed by atoms with Crippen LogP contribution in [-0.2, 0) is 15.1 Å². The van der Waals surface area contributed by atoms with Crippen LogP contribution in [0.1, 0.15) is 54.8 Å². The molecule has 5 nitrogen and oxygen atoms in total. The van der Waals surface area contributed by atoms with E-state index >= 15 is 0 Å². The molecule has 6 rings (SSSR count). The van der Waals surface area contributed by atoms with Crippen molar-refractivity contribution in [2.24, 2.45) is 11.0 Å². The first-order valence-electron chi connectivity index (χ1n) is 14.1. The van der Waals surface area contributed by atoms with Gasteiger partial charge in [-0.1, -0.05) is 48.0 Å². The first-order chi connectivity index (χ1) is 19.9. The van der Waals surface area contributed by atoms with Crippen molar-refractivity contribution in [2.75, 3.05) is 19.8 Å². The van der Waals surface area contributed by atoms with E-state index < -0.39 is 5.54 Å². The van der Waals surface area contributed by atoms with Gasteiger partial charge >= 0.3 is 0 Å². The average molecular weight is 576 g/mol. The van der Waals surface area contributed by atoms with Crippen LogP contribution in [0, 0.1) is 17.6 Å². The van der Waals surface area contributed by atoms with Crippen molar-refractivity contribution in [1.82, 2.24) is 10.3 Å². The number of halogens is 3. The van der Waals surface area contributed by atoms with Crippen molar-refractivity contribution in [3.05, 3.63) is 112 Å². The maximum absolute atomic E-state index is 14.0.